The van der Waals surface area contributed by atoms with E-state index in [-0.39, 0.29) is 5.97 Å². The fourth-order valence-electron chi connectivity index (χ4n) is 2.11. The zero-order valence-electron chi connectivity index (χ0n) is 11.8. The average molecular weight is 270 g/mol. The molecule has 3 nitrogen and oxygen atoms in total. The molecule has 3 heteroatoms. The number of rotatable bonds is 5. The summed E-state index contributed by atoms with van der Waals surface area (Å²) >= 11 is 0. The summed E-state index contributed by atoms with van der Waals surface area (Å²) in [5.74, 6) is 0.611. The van der Waals surface area contributed by atoms with Crippen molar-refractivity contribution in [3.8, 4) is 5.75 Å². The second-order valence-electron chi connectivity index (χ2n) is 4.50. The quantitative estimate of drug-likeness (QED) is 0.782. The minimum absolute atomic E-state index is 0.304. The molecule has 2 aromatic rings. The maximum atomic E-state index is 11.3. The van der Waals surface area contributed by atoms with E-state index in [1.54, 1.807) is 19.2 Å². The predicted octanol–water partition coefficient (Wildman–Crippen LogP) is 3.27. The third kappa shape index (κ3) is 3.38. The minimum atomic E-state index is -0.304. The van der Waals surface area contributed by atoms with Gasteiger partial charge in [0.1, 0.15) is 5.75 Å². The van der Waals surface area contributed by atoms with E-state index in [4.69, 9.17) is 4.74 Å². The van der Waals surface area contributed by atoms with Crippen molar-refractivity contribution in [2.45, 2.75) is 12.8 Å². The molecule has 0 saturated carbocycles. The molecule has 0 unspecified atom stereocenters. The van der Waals surface area contributed by atoms with Crippen molar-refractivity contribution < 1.29 is 14.3 Å². The van der Waals surface area contributed by atoms with Gasteiger partial charge in [-0.3, -0.25) is 0 Å². The molecule has 0 atom stereocenters. The van der Waals surface area contributed by atoms with E-state index in [2.05, 4.69) is 10.8 Å². The van der Waals surface area contributed by atoms with Crippen LogP contribution in [0.1, 0.15) is 21.5 Å². The topological polar surface area (TPSA) is 35.5 Å². The fraction of sp³-hybridized carbons (Fsp3) is 0.235. The Morgan fingerprint density at radius 2 is 1.65 bits per heavy atom. The largest absolute Gasteiger partial charge is 0.496 e. The molecule has 0 saturated heterocycles. The van der Waals surface area contributed by atoms with Gasteiger partial charge in [0.2, 0.25) is 0 Å². The lowest BCUT2D eigenvalue weighted by Crippen LogP contribution is -2.01. The number of carbonyl (C=O) groups is 1. The van der Waals surface area contributed by atoms with Crippen LogP contribution in [0.5, 0.6) is 5.75 Å². The van der Waals surface area contributed by atoms with Crippen LogP contribution < -0.4 is 4.74 Å². The molecular formula is C17H18O3. The molecule has 0 aliphatic rings. The van der Waals surface area contributed by atoms with Crippen molar-refractivity contribution in [2.24, 2.45) is 0 Å². The summed E-state index contributed by atoms with van der Waals surface area (Å²) < 4.78 is 10.0. The number of ether oxygens (including phenoxy) is 2. The van der Waals surface area contributed by atoms with Crippen LogP contribution in [0.2, 0.25) is 0 Å². The van der Waals surface area contributed by atoms with E-state index in [1.165, 1.54) is 18.2 Å². The second kappa shape index (κ2) is 6.75. The molecule has 0 amide bonds. The Morgan fingerprint density at radius 1 is 0.950 bits per heavy atom. The molecule has 0 N–H and O–H groups in total. The van der Waals surface area contributed by atoms with Crippen LogP contribution in [0.4, 0.5) is 0 Å². The van der Waals surface area contributed by atoms with Crippen molar-refractivity contribution in [1.29, 1.82) is 0 Å². The molecule has 2 aromatic carbocycles. The van der Waals surface area contributed by atoms with E-state index in [9.17, 15) is 4.79 Å². The number of carbonyl (C=O) groups excluding carboxylic acids is 1. The summed E-state index contributed by atoms with van der Waals surface area (Å²) in [5.41, 5.74) is 2.95. The Labute approximate surface area is 119 Å². The van der Waals surface area contributed by atoms with Gasteiger partial charge in [-0.05, 0) is 42.2 Å². The molecule has 0 heterocycles. The van der Waals surface area contributed by atoms with E-state index < -0.39 is 0 Å². The zero-order valence-corrected chi connectivity index (χ0v) is 11.8. The lowest BCUT2D eigenvalue weighted by molar-refractivity contribution is 0.0600. The van der Waals surface area contributed by atoms with E-state index in [0.29, 0.717) is 5.56 Å². The molecule has 0 radical (unpaired) electrons. The number of hydrogen-bond acceptors (Lipinski definition) is 3. The Balaban J connectivity index is 2.02. The zero-order chi connectivity index (χ0) is 14.4. The van der Waals surface area contributed by atoms with Crippen molar-refractivity contribution in [3.63, 3.8) is 0 Å². The van der Waals surface area contributed by atoms with Crippen molar-refractivity contribution in [1.82, 2.24) is 0 Å². The molecule has 0 aliphatic heterocycles. The summed E-state index contributed by atoms with van der Waals surface area (Å²) in [7, 11) is 3.07. The SMILES string of the molecule is COC(=O)c1ccc(CCc2ccccc2OC)cc1. The summed E-state index contributed by atoms with van der Waals surface area (Å²) in [6, 6.07) is 15.5. The van der Waals surface area contributed by atoms with Gasteiger partial charge in [-0.25, -0.2) is 4.79 Å². The number of benzene rings is 2. The maximum Gasteiger partial charge on any atom is 0.337 e. The van der Waals surface area contributed by atoms with Crippen molar-refractivity contribution in [2.75, 3.05) is 14.2 Å². The molecule has 0 aliphatic carbocycles. The minimum Gasteiger partial charge on any atom is -0.496 e. The molecular weight excluding hydrogens is 252 g/mol. The summed E-state index contributed by atoms with van der Waals surface area (Å²) in [6.45, 7) is 0. The van der Waals surface area contributed by atoms with Crippen LogP contribution in [0.15, 0.2) is 48.5 Å². The van der Waals surface area contributed by atoms with Gasteiger partial charge >= 0.3 is 5.97 Å². The first-order chi connectivity index (χ1) is 9.74. The number of methoxy groups -OCH3 is 2. The second-order valence-corrected chi connectivity index (χ2v) is 4.50. The smallest absolute Gasteiger partial charge is 0.337 e. The number of hydrogen-bond donors (Lipinski definition) is 0. The first-order valence-corrected chi connectivity index (χ1v) is 6.53. The lowest BCUT2D eigenvalue weighted by atomic mass is 10.0. The van der Waals surface area contributed by atoms with E-state index in [1.807, 2.05) is 30.3 Å². The van der Waals surface area contributed by atoms with Crippen LogP contribution >= 0.6 is 0 Å². The van der Waals surface area contributed by atoms with Gasteiger partial charge in [0, 0.05) is 0 Å². The Hall–Kier alpha value is -2.29. The van der Waals surface area contributed by atoms with E-state index in [0.717, 1.165) is 18.6 Å². The maximum absolute atomic E-state index is 11.3. The van der Waals surface area contributed by atoms with Gasteiger partial charge in [-0.2, -0.15) is 0 Å². The Bertz CT molecular complexity index is 573. The van der Waals surface area contributed by atoms with Gasteiger partial charge in [-0.15, -0.1) is 0 Å². The normalized spacial score (nSPS) is 10.1. The average Bonchev–Trinajstić information content (AvgIpc) is 2.53. The van der Waals surface area contributed by atoms with Crippen molar-refractivity contribution >= 4 is 5.97 Å². The highest BCUT2D eigenvalue weighted by Gasteiger charge is 2.05. The van der Waals surface area contributed by atoms with Gasteiger partial charge in [0.05, 0.1) is 19.8 Å². The third-order valence-electron chi connectivity index (χ3n) is 3.25. The molecule has 20 heavy (non-hydrogen) atoms. The molecule has 104 valence electrons. The molecule has 0 spiro atoms. The summed E-state index contributed by atoms with van der Waals surface area (Å²) in [4.78, 5) is 11.3. The number of esters is 1. The van der Waals surface area contributed by atoms with Gasteiger partial charge in [-0.1, -0.05) is 30.3 Å². The van der Waals surface area contributed by atoms with Gasteiger partial charge < -0.3 is 9.47 Å². The Kier molecular flexibility index (Phi) is 4.77. The standard InChI is InChI=1S/C17H18O3/c1-19-16-6-4-3-5-14(16)10-7-13-8-11-15(12-9-13)17(18)20-2/h3-6,8-9,11-12H,7,10H2,1-2H3. The van der Waals surface area contributed by atoms with Gasteiger partial charge in [0.25, 0.3) is 0 Å². The number of aryl methyl sites for hydroxylation is 2. The van der Waals surface area contributed by atoms with Gasteiger partial charge in [0.15, 0.2) is 0 Å². The Morgan fingerprint density at radius 3 is 2.30 bits per heavy atom. The molecule has 2 rings (SSSR count). The monoisotopic (exact) mass is 270 g/mol. The lowest BCUT2D eigenvalue weighted by Gasteiger charge is -2.08. The van der Waals surface area contributed by atoms with Crippen LogP contribution in [-0.4, -0.2) is 20.2 Å². The summed E-state index contributed by atoms with van der Waals surface area (Å²) in [6.07, 6.45) is 1.81. The fourth-order valence-corrected chi connectivity index (χ4v) is 2.11. The van der Waals surface area contributed by atoms with Crippen LogP contribution in [0.3, 0.4) is 0 Å². The van der Waals surface area contributed by atoms with Crippen LogP contribution in [-0.2, 0) is 17.6 Å². The van der Waals surface area contributed by atoms with Crippen LogP contribution in [0.25, 0.3) is 0 Å². The van der Waals surface area contributed by atoms with Crippen LogP contribution in [0, 0.1) is 0 Å². The highest BCUT2D eigenvalue weighted by Crippen LogP contribution is 2.19. The first kappa shape index (κ1) is 14.1. The molecule has 0 fully saturated rings. The first-order valence-electron chi connectivity index (χ1n) is 6.53. The summed E-state index contributed by atoms with van der Waals surface area (Å²) in [5, 5.41) is 0. The molecule has 0 bridgehead atoms. The molecule has 0 aromatic heterocycles. The predicted molar refractivity (Wildman–Crippen MR) is 78.2 cm³/mol. The van der Waals surface area contributed by atoms with Crippen molar-refractivity contribution in [3.05, 3.63) is 65.2 Å². The number of para-hydroxylation sites is 1. The third-order valence-corrected chi connectivity index (χ3v) is 3.25. The van der Waals surface area contributed by atoms with E-state index >= 15 is 0 Å². The highest BCUT2D eigenvalue weighted by atomic mass is 16.5. The highest BCUT2D eigenvalue weighted by molar-refractivity contribution is 5.89.